The van der Waals surface area contributed by atoms with E-state index in [1.165, 1.54) is 0 Å². The lowest BCUT2D eigenvalue weighted by atomic mass is 9.83. The second-order valence-corrected chi connectivity index (χ2v) is 14.7. The fraction of sp³-hybridized carbons (Fsp3) is 0.844. The van der Waals surface area contributed by atoms with Gasteiger partial charge in [0.05, 0.1) is 18.2 Å². The van der Waals surface area contributed by atoms with Crippen LogP contribution in [0.2, 0.25) is 0 Å². The molecule has 1 saturated heterocycles. The van der Waals surface area contributed by atoms with Crippen molar-refractivity contribution < 1.29 is 29.1 Å². The molecule has 5 atom stereocenters. The highest BCUT2D eigenvalue weighted by atomic mass is 16.3. The van der Waals surface area contributed by atoms with E-state index in [9.17, 15) is 29.1 Å². The lowest BCUT2D eigenvalue weighted by Gasteiger charge is -2.38. The SMILES string of the molecule is CC1(C)[C@@H]2[C@@H](C(=O)NC(CC3CC3)C(=O)C(N)=O)N(C(=O)[C@@H](NC(=O)NC3(CO)CCCCCC3)C3CCCCC3)C[C@@H]21. The van der Waals surface area contributed by atoms with Gasteiger partial charge < -0.3 is 31.7 Å². The van der Waals surface area contributed by atoms with Crippen LogP contribution in [0.25, 0.3) is 0 Å². The van der Waals surface area contributed by atoms with Crippen molar-refractivity contribution in [2.75, 3.05) is 13.2 Å². The van der Waals surface area contributed by atoms with Crippen LogP contribution in [0.3, 0.4) is 0 Å². The maximum absolute atomic E-state index is 14.4. The third-order valence-corrected chi connectivity index (χ3v) is 11.3. The van der Waals surface area contributed by atoms with E-state index < -0.39 is 47.3 Å². The zero-order chi connectivity index (χ0) is 30.9. The van der Waals surface area contributed by atoms with Gasteiger partial charge in [0.2, 0.25) is 17.6 Å². The molecular weight excluding hydrogens is 550 g/mol. The molecule has 0 aromatic heterocycles. The summed E-state index contributed by atoms with van der Waals surface area (Å²) in [5, 5.41) is 19.1. The van der Waals surface area contributed by atoms with Crippen LogP contribution in [0.1, 0.15) is 104 Å². The summed E-state index contributed by atoms with van der Waals surface area (Å²) in [7, 11) is 0. The van der Waals surface area contributed by atoms with Crippen molar-refractivity contribution in [3.8, 4) is 0 Å². The van der Waals surface area contributed by atoms with Gasteiger partial charge in [0.25, 0.3) is 5.91 Å². The first kappa shape index (κ1) is 31.7. The number of aliphatic hydroxyl groups is 1. The van der Waals surface area contributed by atoms with Crippen molar-refractivity contribution >= 4 is 29.5 Å². The number of piperidine rings is 1. The van der Waals surface area contributed by atoms with Gasteiger partial charge in [0, 0.05) is 6.54 Å². The molecule has 240 valence electrons. The highest BCUT2D eigenvalue weighted by Gasteiger charge is 2.69. The van der Waals surface area contributed by atoms with Gasteiger partial charge in [-0.05, 0) is 61.2 Å². The zero-order valence-electron chi connectivity index (χ0n) is 25.9. The number of fused-ring (bicyclic) bond motifs is 1. The number of carbonyl (C=O) groups excluding carboxylic acids is 5. The number of aliphatic hydroxyl groups excluding tert-OH is 1. The third-order valence-electron chi connectivity index (χ3n) is 11.3. The maximum atomic E-state index is 14.4. The molecule has 4 saturated carbocycles. The van der Waals surface area contributed by atoms with E-state index in [1.807, 2.05) is 0 Å². The van der Waals surface area contributed by atoms with Crippen LogP contribution >= 0.6 is 0 Å². The van der Waals surface area contributed by atoms with Crippen LogP contribution in [0.5, 0.6) is 0 Å². The first-order valence-corrected chi connectivity index (χ1v) is 16.6. The summed E-state index contributed by atoms with van der Waals surface area (Å²) in [5.74, 6) is -2.32. The topological polar surface area (TPSA) is 171 Å². The quantitative estimate of drug-likeness (QED) is 0.179. The lowest BCUT2D eigenvalue weighted by Crippen LogP contribution is -2.62. The fourth-order valence-electron chi connectivity index (χ4n) is 8.33. The molecule has 5 rings (SSSR count). The van der Waals surface area contributed by atoms with Gasteiger partial charge in [-0.15, -0.1) is 0 Å². The van der Waals surface area contributed by atoms with Gasteiger partial charge in [-0.1, -0.05) is 71.6 Å². The molecule has 0 spiro atoms. The van der Waals surface area contributed by atoms with Crippen molar-refractivity contribution in [2.24, 2.45) is 34.8 Å². The van der Waals surface area contributed by atoms with E-state index in [1.54, 1.807) is 4.90 Å². The third kappa shape index (κ3) is 6.86. The lowest BCUT2D eigenvalue weighted by molar-refractivity contribution is -0.144. The molecule has 4 aliphatic carbocycles. The highest BCUT2D eigenvalue weighted by Crippen LogP contribution is 2.65. The summed E-state index contributed by atoms with van der Waals surface area (Å²) >= 11 is 0. The van der Waals surface area contributed by atoms with Gasteiger partial charge in [-0.25, -0.2) is 4.79 Å². The molecule has 11 heteroatoms. The van der Waals surface area contributed by atoms with Crippen LogP contribution in [0, 0.1) is 29.1 Å². The van der Waals surface area contributed by atoms with E-state index in [0.29, 0.717) is 25.8 Å². The molecule has 0 aromatic carbocycles. The normalized spacial score (nSPS) is 29.4. The number of Topliss-reactive ketones (excluding diaryl/α,β-unsaturated/α-hetero) is 1. The largest absolute Gasteiger partial charge is 0.394 e. The predicted molar refractivity (Wildman–Crippen MR) is 159 cm³/mol. The molecule has 11 nitrogen and oxygen atoms in total. The Kier molecular flexibility index (Phi) is 9.40. The maximum Gasteiger partial charge on any atom is 0.315 e. The van der Waals surface area contributed by atoms with Crippen LogP contribution in [0.15, 0.2) is 0 Å². The molecule has 0 radical (unpaired) electrons. The Morgan fingerprint density at radius 2 is 1.53 bits per heavy atom. The first-order chi connectivity index (χ1) is 20.5. The van der Waals surface area contributed by atoms with E-state index in [4.69, 9.17) is 5.73 Å². The average Bonchev–Trinajstić information content (AvgIpc) is 3.86. The summed E-state index contributed by atoms with van der Waals surface area (Å²) in [6.45, 7) is 4.43. The van der Waals surface area contributed by atoms with Crippen molar-refractivity contribution in [1.82, 2.24) is 20.9 Å². The Hall–Kier alpha value is -2.69. The molecule has 5 fully saturated rings. The van der Waals surface area contributed by atoms with Crippen LogP contribution in [-0.2, 0) is 19.2 Å². The highest BCUT2D eigenvalue weighted by molar-refractivity contribution is 6.37. The monoisotopic (exact) mass is 601 g/mol. The molecule has 5 aliphatic rings. The fourth-order valence-corrected chi connectivity index (χ4v) is 8.33. The Bertz CT molecular complexity index is 1090. The second kappa shape index (κ2) is 12.7. The molecule has 0 bridgehead atoms. The second-order valence-electron chi connectivity index (χ2n) is 14.7. The van der Waals surface area contributed by atoms with E-state index in [2.05, 4.69) is 29.8 Å². The Labute approximate surface area is 254 Å². The van der Waals surface area contributed by atoms with Crippen LogP contribution in [0.4, 0.5) is 4.79 Å². The number of nitrogens with zero attached hydrogens (tertiary/aromatic N) is 1. The van der Waals surface area contributed by atoms with E-state index in [0.717, 1.165) is 70.6 Å². The Morgan fingerprint density at radius 1 is 0.907 bits per heavy atom. The molecule has 6 N–H and O–H groups in total. The minimum Gasteiger partial charge on any atom is -0.394 e. The molecule has 0 aromatic rings. The minimum atomic E-state index is -1.07. The Balaban J connectivity index is 1.35. The van der Waals surface area contributed by atoms with Crippen LogP contribution < -0.4 is 21.7 Å². The van der Waals surface area contributed by atoms with Gasteiger partial charge in [0.15, 0.2) is 0 Å². The van der Waals surface area contributed by atoms with Gasteiger partial charge in [0.1, 0.15) is 12.1 Å². The number of likely N-dealkylation sites (tertiary alicyclic amines) is 1. The van der Waals surface area contributed by atoms with Gasteiger partial charge in [-0.2, -0.15) is 0 Å². The van der Waals surface area contributed by atoms with Crippen molar-refractivity contribution in [2.45, 2.75) is 127 Å². The van der Waals surface area contributed by atoms with Crippen LogP contribution in [-0.4, -0.2) is 76.4 Å². The molecule has 1 heterocycles. The van der Waals surface area contributed by atoms with E-state index >= 15 is 0 Å². The predicted octanol–water partition coefficient (Wildman–Crippen LogP) is 2.14. The Morgan fingerprint density at radius 3 is 2.12 bits per heavy atom. The van der Waals surface area contributed by atoms with Crippen molar-refractivity contribution in [3.05, 3.63) is 0 Å². The number of nitrogens with two attached hydrogens (primary N) is 1. The smallest absolute Gasteiger partial charge is 0.315 e. The summed E-state index contributed by atoms with van der Waals surface area (Å²) in [4.78, 5) is 67.8. The molecule has 43 heavy (non-hydrogen) atoms. The summed E-state index contributed by atoms with van der Waals surface area (Å²) in [5.41, 5.74) is 4.47. The number of carbonyl (C=O) groups is 5. The number of ketones is 1. The summed E-state index contributed by atoms with van der Waals surface area (Å²) < 4.78 is 0. The molecule has 1 unspecified atom stereocenters. The number of hydrogen-bond donors (Lipinski definition) is 5. The number of rotatable bonds is 11. The summed E-state index contributed by atoms with van der Waals surface area (Å²) in [6, 6.07) is -3.05. The van der Waals surface area contributed by atoms with Gasteiger partial charge >= 0.3 is 6.03 Å². The molecule has 1 aliphatic heterocycles. The number of urea groups is 1. The first-order valence-electron chi connectivity index (χ1n) is 16.6. The van der Waals surface area contributed by atoms with Crippen molar-refractivity contribution in [1.29, 1.82) is 0 Å². The number of amides is 5. The minimum absolute atomic E-state index is 0.0566. The summed E-state index contributed by atoms with van der Waals surface area (Å²) in [6.07, 6.45) is 12.3. The number of hydrogen-bond acceptors (Lipinski definition) is 6. The standard InChI is InChI=1S/C32H51N5O6/c1-31(2)21-17-37(25(23(21)31)28(41)34-22(16-19-12-13-19)26(39)27(33)40)29(42)24(20-10-6-5-7-11-20)35-30(43)36-32(18-38)14-8-3-4-9-15-32/h19-25,38H,3-18H2,1-2H3,(H2,33,40)(H,34,41)(H2,35,36,43)/t21-,22?,23-,24-,25-/m0/s1. The zero-order valence-corrected chi connectivity index (χ0v) is 25.9. The molecule has 5 amide bonds. The number of primary amides is 1. The number of nitrogens with one attached hydrogen (secondary N) is 3. The van der Waals surface area contributed by atoms with E-state index in [-0.39, 0.29) is 41.6 Å². The average molecular weight is 602 g/mol. The van der Waals surface area contributed by atoms with Gasteiger partial charge in [-0.3, -0.25) is 19.2 Å². The van der Waals surface area contributed by atoms with Crippen molar-refractivity contribution in [3.63, 3.8) is 0 Å². The molecular formula is C32H51N5O6.